The smallest absolute Gasteiger partial charge is 0.202 e. The normalized spacial score (nSPS) is 41.6. The van der Waals surface area contributed by atoms with Gasteiger partial charge in [0.05, 0.1) is 19.3 Å². The summed E-state index contributed by atoms with van der Waals surface area (Å²) in [6.07, 6.45) is -11.4. The van der Waals surface area contributed by atoms with E-state index < -0.39 is 68.5 Å². The molecule has 0 aromatic heterocycles. The molecule has 10 nitrogen and oxygen atoms in total. The monoisotopic (exact) mass is 402 g/mol. The van der Waals surface area contributed by atoms with Crippen LogP contribution < -0.4 is 4.74 Å². The van der Waals surface area contributed by atoms with Gasteiger partial charge in [0.25, 0.3) is 0 Å². The molecule has 1 aromatic rings. The number of benzene rings is 1. The summed E-state index contributed by atoms with van der Waals surface area (Å²) in [6, 6.07) is 8.83. The van der Waals surface area contributed by atoms with Crippen molar-refractivity contribution >= 4 is 0 Å². The minimum atomic E-state index is -1.62. The molecule has 2 saturated heterocycles. The fourth-order valence-electron chi connectivity index (χ4n) is 3.29. The van der Waals surface area contributed by atoms with Crippen LogP contribution in [0.3, 0.4) is 0 Å². The lowest BCUT2D eigenvalue weighted by molar-refractivity contribution is -0.340. The van der Waals surface area contributed by atoms with E-state index in [0.717, 1.165) is 0 Å². The highest BCUT2D eigenvalue weighted by Gasteiger charge is 2.48. The Morgan fingerprint density at radius 3 is 2.18 bits per heavy atom. The first kappa shape index (κ1) is 21.4. The lowest BCUT2D eigenvalue weighted by Crippen LogP contribution is -2.62. The molecule has 0 aliphatic carbocycles. The summed E-state index contributed by atoms with van der Waals surface area (Å²) in [5.74, 6) is 0.532. The number of rotatable bonds is 6. The van der Waals surface area contributed by atoms with E-state index in [0.29, 0.717) is 5.75 Å². The Bertz CT molecular complexity index is 599. The molecule has 1 aromatic carbocycles. The molecule has 9 unspecified atom stereocenters. The maximum Gasteiger partial charge on any atom is 0.202 e. The highest BCUT2D eigenvalue weighted by Crippen LogP contribution is 2.29. The third-order valence-electron chi connectivity index (χ3n) is 4.84. The highest BCUT2D eigenvalue weighted by atomic mass is 16.7. The van der Waals surface area contributed by atoms with E-state index in [2.05, 4.69) is 0 Å². The molecule has 158 valence electrons. The summed E-state index contributed by atoms with van der Waals surface area (Å²) < 4.78 is 22.1. The molecular weight excluding hydrogens is 376 g/mol. The minimum Gasteiger partial charge on any atom is -0.465 e. The zero-order chi connectivity index (χ0) is 20.3. The second-order valence-electron chi connectivity index (χ2n) is 6.82. The lowest BCUT2D eigenvalue weighted by Gasteiger charge is -2.44. The van der Waals surface area contributed by atoms with Crippen LogP contribution in [0, 0.1) is 0 Å². The molecular formula is C18H26O10. The first-order valence-corrected chi connectivity index (χ1v) is 9.06. The molecule has 0 bridgehead atoms. The van der Waals surface area contributed by atoms with Crippen molar-refractivity contribution in [2.24, 2.45) is 0 Å². The van der Waals surface area contributed by atoms with Gasteiger partial charge in [-0.3, -0.25) is 0 Å². The van der Waals surface area contributed by atoms with Crippen LogP contribution in [0.4, 0.5) is 0 Å². The van der Waals surface area contributed by atoms with Crippen molar-refractivity contribution < 1.29 is 49.6 Å². The van der Waals surface area contributed by atoms with Gasteiger partial charge in [0.2, 0.25) is 6.29 Å². The Morgan fingerprint density at radius 2 is 1.54 bits per heavy atom. The fourth-order valence-corrected chi connectivity index (χ4v) is 3.29. The summed E-state index contributed by atoms with van der Waals surface area (Å²) in [5, 5.41) is 59.2. The van der Waals surface area contributed by atoms with Gasteiger partial charge in [-0.15, -0.1) is 0 Å². The molecule has 2 aliphatic heterocycles. The van der Waals surface area contributed by atoms with E-state index in [1.54, 1.807) is 24.3 Å². The van der Waals surface area contributed by atoms with Crippen LogP contribution in [-0.4, -0.2) is 99.2 Å². The summed E-state index contributed by atoms with van der Waals surface area (Å²) in [5.41, 5.74) is 0. The minimum absolute atomic E-state index is 0.0213. The molecule has 0 saturated carbocycles. The average Bonchev–Trinajstić information content (AvgIpc) is 2.70. The molecule has 2 aliphatic rings. The molecule has 6 N–H and O–H groups in total. The molecule has 28 heavy (non-hydrogen) atoms. The van der Waals surface area contributed by atoms with Crippen molar-refractivity contribution in [2.75, 3.05) is 13.2 Å². The summed E-state index contributed by atoms with van der Waals surface area (Å²) in [6.45, 7) is -1.11. The van der Waals surface area contributed by atoms with Gasteiger partial charge >= 0.3 is 0 Å². The molecule has 0 amide bonds. The first-order valence-electron chi connectivity index (χ1n) is 9.06. The van der Waals surface area contributed by atoms with Crippen molar-refractivity contribution in [3.63, 3.8) is 0 Å². The zero-order valence-electron chi connectivity index (χ0n) is 15.0. The number of para-hydroxylation sites is 1. The maximum atomic E-state index is 10.5. The third kappa shape index (κ3) is 4.62. The third-order valence-corrected chi connectivity index (χ3v) is 4.84. The van der Waals surface area contributed by atoms with Gasteiger partial charge < -0.3 is 49.6 Å². The SMILES string of the molecule is OCC1OC(OC2C(O)CC(Oc3ccccc3)OC2CO)C(O)C(O)C1O. The van der Waals surface area contributed by atoms with E-state index in [1.807, 2.05) is 6.07 Å². The first-order chi connectivity index (χ1) is 13.4. The van der Waals surface area contributed by atoms with Crippen molar-refractivity contribution in [1.29, 1.82) is 0 Å². The van der Waals surface area contributed by atoms with E-state index >= 15 is 0 Å². The Hall–Kier alpha value is -1.34. The molecule has 0 spiro atoms. The Balaban J connectivity index is 1.65. The largest absolute Gasteiger partial charge is 0.465 e. The predicted octanol–water partition coefficient (Wildman–Crippen LogP) is -2.28. The molecule has 10 heteroatoms. The quantitative estimate of drug-likeness (QED) is 0.306. The number of aliphatic hydroxyl groups is 6. The summed E-state index contributed by atoms with van der Waals surface area (Å²) in [4.78, 5) is 0. The molecule has 3 rings (SSSR count). The molecule has 2 fully saturated rings. The van der Waals surface area contributed by atoms with Crippen molar-refractivity contribution in [3.05, 3.63) is 30.3 Å². The topological polar surface area (TPSA) is 158 Å². The second kappa shape index (κ2) is 9.44. The van der Waals surface area contributed by atoms with E-state index in [9.17, 15) is 30.6 Å². The van der Waals surface area contributed by atoms with Gasteiger partial charge in [-0.1, -0.05) is 18.2 Å². The van der Waals surface area contributed by atoms with Crippen molar-refractivity contribution in [3.8, 4) is 5.75 Å². The van der Waals surface area contributed by atoms with Crippen LogP contribution in [0.2, 0.25) is 0 Å². The van der Waals surface area contributed by atoms with Crippen molar-refractivity contribution in [1.82, 2.24) is 0 Å². The van der Waals surface area contributed by atoms with Gasteiger partial charge in [-0.2, -0.15) is 0 Å². The zero-order valence-corrected chi connectivity index (χ0v) is 15.0. The van der Waals surface area contributed by atoms with Gasteiger partial charge in [0.15, 0.2) is 6.29 Å². The van der Waals surface area contributed by atoms with E-state index in [1.165, 1.54) is 0 Å². The average molecular weight is 402 g/mol. The maximum absolute atomic E-state index is 10.5. The number of hydrogen-bond donors (Lipinski definition) is 6. The van der Waals surface area contributed by atoms with Gasteiger partial charge in [0, 0.05) is 6.42 Å². The summed E-state index contributed by atoms with van der Waals surface area (Å²) in [7, 11) is 0. The van der Waals surface area contributed by atoms with Crippen LogP contribution in [0.5, 0.6) is 5.75 Å². The Kier molecular flexibility index (Phi) is 7.20. The molecule has 0 radical (unpaired) electrons. The molecule has 2 heterocycles. The number of ether oxygens (including phenoxy) is 4. The molecule has 9 atom stereocenters. The van der Waals surface area contributed by atoms with Crippen LogP contribution in [0.25, 0.3) is 0 Å². The Morgan fingerprint density at radius 1 is 0.857 bits per heavy atom. The van der Waals surface area contributed by atoms with Crippen LogP contribution >= 0.6 is 0 Å². The number of hydrogen-bond acceptors (Lipinski definition) is 10. The second-order valence-corrected chi connectivity index (χ2v) is 6.82. The fraction of sp³-hybridized carbons (Fsp3) is 0.667. The van der Waals surface area contributed by atoms with Crippen molar-refractivity contribution in [2.45, 2.75) is 61.7 Å². The lowest BCUT2D eigenvalue weighted by atomic mass is 9.98. The van der Waals surface area contributed by atoms with Gasteiger partial charge in [-0.05, 0) is 12.1 Å². The van der Waals surface area contributed by atoms with Crippen LogP contribution in [-0.2, 0) is 14.2 Å². The van der Waals surface area contributed by atoms with Crippen LogP contribution in [0.15, 0.2) is 30.3 Å². The number of aliphatic hydroxyl groups excluding tert-OH is 6. The van der Waals surface area contributed by atoms with Gasteiger partial charge in [0.1, 0.15) is 42.4 Å². The predicted molar refractivity (Wildman–Crippen MR) is 92.1 cm³/mol. The van der Waals surface area contributed by atoms with E-state index in [-0.39, 0.29) is 6.42 Å². The summed E-state index contributed by atoms with van der Waals surface area (Å²) >= 11 is 0. The standard InChI is InChI=1S/C18H26O10/c19-7-11-14(22)15(23)16(24)18(27-11)28-17-10(21)6-13(26-12(17)8-20)25-9-4-2-1-3-5-9/h1-5,10-24H,6-8H2. The van der Waals surface area contributed by atoms with Gasteiger partial charge in [-0.25, -0.2) is 0 Å². The van der Waals surface area contributed by atoms with Crippen LogP contribution in [0.1, 0.15) is 6.42 Å². The van der Waals surface area contributed by atoms with E-state index in [4.69, 9.17) is 18.9 Å². The Labute approximate surface area is 161 Å². The highest BCUT2D eigenvalue weighted by molar-refractivity contribution is 5.21.